The molecular formula is C23H22F3N5O2. The van der Waals surface area contributed by atoms with E-state index in [0.717, 1.165) is 35.8 Å². The van der Waals surface area contributed by atoms with Gasteiger partial charge in [0.05, 0.1) is 41.6 Å². The van der Waals surface area contributed by atoms with Gasteiger partial charge in [-0.3, -0.25) is 9.78 Å². The third kappa shape index (κ3) is 4.95. The molecule has 172 valence electrons. The summed E-state index contributed by atoms with van der Waals surface area (Å²) in [5.41, 5.74) is 2.76. The highest BCUT2D eigenvalue weighted by Gasteiger charge is 2.31. The average Bonchev–Trinajstić information content (AvgIpc) is 3.28. The molecule has 7 nitrogen and oxygen atoms in total. The molecular weight excluding hydrogens is 435 g/mol. The van der Waals surface area contributed by atoms with Crippen LogP contribution in [0.5, 0.6) is 0 Å². The molecule has 1 unspecified atom stereocenters. The zero-order valence-corrected chi connectivity index (χ0v) is 17.8. The van der Waals surface area contributed by atoms with Crippen LogP contribution in [0.3, 0.4) is 0 Å². The van der Waals surface area contributed by atoms with Crippen molar-refractivity contribution in [3.8, 4) is 0 Å². The number of aryl methyl sites for hydroxylation is 1. The van der Waals surface area contributed by atoms with Gasteiger partial charge in [0.15, 0.2) is 0 Å². The lowest BCUT2D eigenvalue weighted by atomic mass is 9.92. The summed E-state index contributed by atoms with van der Waals surface area (Å²) in [6.07, 6.45) is 1.26. The normalized spacial score (nSPS) is 16.2. The van der Waals surface area contributed by atoms with Crippen LogP contribution in [0.1, 0.15) is 45.1 Å². The van der Waals surface area contributed by atoms with E-state index < -0.39 is 17.6 Å². The van der Waals surface area contributed by atoms with Crippen molar-refractivity contribution < 1.29 is 23.1 Å². The van der Waals surface area contributed by atoms with Gasteiger partial charge in [-0.25, -0.2) is 9.97 Å². The third-order valence-corrected chi connectivity index (χ3v) is 5.76. The van der Waals surface area contributed by atoms with Crippen molar-refractivity contribution in [2.45, 2.75) is 32.0 Å². The minimum Gasteiger partial charge on any atom is -0.390 e. The van der Waals surface area contributed by atoms with Gasteiger partial charge in [-0.05, 0) is 42.7 Å². The van der Waals surface area contributed by atoms with Crippen molar-refractivity contribution in [3.05, 3.63) is 77.1 Å². The highest BCUT2D eigenvalue weighted by atomic mass is 19.4. The zero-order valence-electron chi connectivity index (χ0n) is 17.8. The van der Waals surface area contributed by atoms with Crippen LogP contribution in [-0.2, 0) is 12.8 Å². The number of hydrogen-bond donors (Lipinski definition) is 2. The number of carbonyl (C=O) groups excluding carboxylic acids is 1. The van der Waals surface area contributed by atoms with E-state index >= 15 is 0 Å². The molecule has 1 aliphatic rings. The Morgan fingerprint density at radius 1 is 1.21 bits per heavy atom. The first-order valence-corrected chi connectivity index (χ1v) is 10.3. The largest absolute Gasteiger partial charge is 0.417 e. The Morgan fingerprint density at radius 3 is 2.79 bits per heavy atom. The van der Waals surface area contributed by atoms with Crippen LogP contribution in [0.2, 0.25) is 0 Å². The van der Waals surface area contributed by atoms with Gasteiger partial charge in [0.1, 0.15) is 6.33 Å². The van der Waals surface area contributed by atoms with Crippen molar-refractivity contribution in [2.24, 2.45) is 0 Å². The topological polar surface area (TPSA) is 91.2 Å². The van der Waals surface area contributed by atoms with E-state index in [2.05, 4.69) is 25.2 Å². The average molecular weight is 457 g/mol. The zero-order chi connectivity index (χ0) is 23.6. The molecule has 10 heteroatoms. The maximum atomic E-state index is 12.9. The van der Waals surface area contributed by atoms with E-state index in [4.69, 9.17) is 0 Å². The third-order valence-electron chi connectivity index (χ3n) is 5.76. The molecule has 1 fully saturated rings. The Labute approximate surface area is 188 Å². The number of anilines is 2. The van der Waals surface area contributed by atoms with E-state index in [9.17, 15) is 23.1 Å². The van der Waals surface area contributed by atoms with E-state index in [1.807, 2.05) is 13.0 Å². The van der Waals surface area contributed by atoms with Crippen molar-refractivity contribution in [1.82, 2.24) is 15.0 Å². The number of aliphatic hydroxyl groups excluding tert-OH is 1. The molecule has 0 saturated carbocycles. The predicted molar refractivity (Wildman–Crippen MR) is 116 cm³/mol. The Kier molecular flexibility index (Phi) is 6.28. The number of pyridine rings is 1. The fourth-order valence-electron chi connectivity index (χ4n) is 4.05. The Balaban J connectivity index is 1.52. The van der Waals surface area contributed by atoms with Crippen LogP contribution in [0.25, 0.3) is 0 Å². The van der Waals surface area contributed by atoms with Crippen LogP contribution in [0.4, 0.5) is 24.5 Å². The minimum atomic E-state index is -4.54. The molecule has 1 aromatic carbocycles. The number of nitrogens with one attached hydrogen (secondary N) is 1. The summed E-state index contributed by atoms with van der Waals surface area (Å²) in [6, 6.07) is 6.13. The summed E-state index contributed by atoms with van der Waals surface area (Å²) in [4.78, 5) is 26.6. The first-order chi connectivity index (χ1) is 15.8. The fourth-order valence-corrected chi connectivity index (χ4v) is 4.05. The van der Waals surface area contributed by atoms with Crippen LogP contribution < -0.4 is 10.2 Å². The smallest absolute Gasteiger partial charge is 0.390 e. The first-order valence-electron chi connectivity index (χ1n) is 10.3. The number of alkyl halides is 3. The Morgan fingerprint density at radius 2 is 2.03 bits per heavy atom. The van der Waals surface area contributed by atoms with Gasteiger partial charge in [-0.1, -0.05) is 6.07 Å². The van der Waals surface area contributed by atoms with Gasteiger partial charge in [-0.15, -0.1) is 0 Å². The van der Waals surface area contributed by atoms with Gasteiger partial charge >= 0.3 is 6.18 Å². The van der Waals surface area contributed by atoms with Crippen molar-refractivity contribution in [3.63, 3.8) is 0 Å². The van der Waals surface area contributed by atoms with E-state index in [0.29, 0.717) is 24.0 Å². The van der Waals surface area contributed by atoms with Crippen LogP contribution in [0, 0.1) is 6.92 Å². The second-order valence-electron chi connectivity index (χ2n) is 7.93. The lowest BCUT2D eigenvalue weighted by molar-refractivity contribution is -0.137. The molecule has 0 aliphatic carbocycles. The summed E-state index contributed by atoms with van der Waals surface area (Å²) in [5.74, 6) is -0.369. The molecule has 0 bridgehead atoms. The van der Waals surface area contributed by atoms with Gasteiger partial charge in [0.25, 0.3) is 5.91 Å². The standard InChI is InChI=1S/C23H22F3N5O2/c1-14-2-3-15(22(33)30-18-7-17(8-27-9-18)23(24,25)26)6-19(14)16-4-5-31(11-16)21-10-28-13-29-20(21)12-32/h2-3,6-10,13,16,32H,4-5,11-12H2,1H3,(H,30,33). The predicted octanol–water partition coefficient (Wildman–Crippen LogP) is 3.94. The van der Waals surface area contributed by atoms with E-state index in [1.165, 1.54) is 12.5 Å². The SMILES string of the molecule is Cc1ccc(C(=O)Nc2cncc(C(F)(F)F)c2)cc1C1CCN(c2cncnc2CO)C1. The molecule has 2 N–H and O–H groups in total. The summed E-state index contributed by atoms with van der Waals surface area (Å²) < 4.78 is 38.8. The lowest BCUT2D eigenvalue weighted by Crippen LogP contribution is -2.22. The highest BCUT2D eigenvalue weighted by molar-refractivity contribution is 6.04. The fraction of sp³-hybridized carbons (Fsp3) is 0.304. The van der Waals surface area contributed by atoms with Gasteiger partial charge in [-0.2, -0.15) is 13.2 Å². The first kappa shape index (κ1) is 22.7. The van der Waals surface area contributed by atoms with Crippen LogP contribution in [-0.4, -0.2) is 39.1 Å². The van der Waals surface area contributed by atoms with Crippen molar-refractivity contribution in [2.75, 3.05) is 23.3 Å². The van der Waals surface area contributed by atoms with Crippen LogP contribution >= 0.6 is 0 Å². The number of amides is 1. The molecule has 1 atom stereocenters. The number of rotatable bonds is 5. The minimum absolute atomic E-state index is 0.0235. The monoisotopic (exact) mass is 457 g/mol. The second-order valence-corrected chi connectivity index (χ2v) is 7.93. The summed E-state index contributed by atoms with van der Waals surface area (Å²) in [6.45, 7) is 3.19. The number of halogens is 3. The maximum Gasteiger partial charge on any atom is 0.417 e. The maximum absolute atomic E-state index is 12.9. The summed E-state index contributed by atoms with van der Waals surface area (Å²) in [7, 11) is 0. The molecule has 1 saturated heterocycles. The van der Waals surface area contributed by atoms with Crippen molar-refractivity contribution >= 4 is 17.3 Å². The molecule has 1 aliphatic heterocycles. The number of aromatic nitrogens is 3. The molecule has 4 rings (SSSR count). The molecule has 0 spiro atoms. The van der Waals surface area contributed by atoms with E-state index in [1.54, 1.807) is 18.3 Å². The number of nitrogens with zero attached hydrogens (tertiary/aromatic N) is 4. The molecule has 0 radical (unpaired) electrons. The summed E-state index contributed by atoms with van der Waals surface area (Å²) in [5, 5.41) is 12.1. The Bertz CT molecular complexity index is 1170. The number of benzene rings is 1. The molecule has 3 aromatic rings. The van der Waals surface area contributed by atoms with Gasteiger partial charge in [0.2, 0.25) is 0 Å². The van der Waals surface area contributed by atoms with Gasteiger partial charge < -0.3 is 15.3 Å². The summed E-state index contributed by atoms with van der Waals surface area (Å²) >= 11 is 0. The number of hydrogen-bond acceptors (Lipinski definition) is 6. The number of carbonyl (C=O) groups is 1. The molecule has 3 heterocycles. The van der Waals surface area contributed by atoms with Crippen molar-refractivity contribution in [1.29, 1.82) is 0 Å². The quantitative estimate of drug-likeness (QED) is 0.603. The Hall–Kier alpha value is -3.53. The van der Waals surface area contributed by atoms with Crippen LogP contribution in [0.15, 0.2) is 49.2 Å². The van der Waals surface area contributed by atoms with Gasteiger partial charge in [0, 0.05) is 30.8 Å². The molecule has 2 aromatic heterocycles. The second kappa shape index (κ2) is 9.14. The molecule has 1 amide bonds. The number of aliphatic hydroxyl groups is 1. The highest BCUT2D eigenvalue weighted by Crippen LogP contribution is 2.34. The van der Waals surface area contributed by atoms with E-state index in [-0.39, 0.29) is 18.2 Å². The lowest BCUT2D eigenvalue weighted by Gasteiger charge is -2.21. The molecule has 33 heavy (non-hydrogen) atoms.